The van der Waals surface area contributed by atoms with Crippen molar-refractivity contribution in [2.45, 2.75) is 70.9 Å². The molecular formula is C19H29N5O2. The van der Waals surface area contributed by atoms with Crippen LogP contribution in [-0.4, -0.2) is 37.3 Å². The van der Waals surface area contributed by atoms with E-state index in [4.69, 9.17) is 4.98 Å². The zero-order valence-electron chi connectivity index (χ0n) is 15.7. The van der Waals surface area contributed by atoms with Gasteiger partial charge in [-0.3, -0.25) is 4.57 Å². The van der Waals surface area contributed by atoms with Crippen LogP contribution in [-0.2, 0) is 6.54 Å². The number of nitrogens with zero attached hydrogens (tertiary/aromatic N) is 3. The SMILES string of the molecule is CCCn1c(=O)nc(NC(CC)CO)c2[nH]c(C(C3CC3)C3CC3)nc21. The third-order valence-electron chi connectivity index (χ3n) is 5.71. The predicted octanol–water partition coefficient (Wildman–Crippen LogP) is 2.62. The van der Waals surface area contributed by atoms with Gasteiger partial charge < -0.3 is 15.4 Å². The zero-order chi connectivity index (χ0) is 18.3. The van der Waals surface area contributed by atoms with Crippen LogP contribution in [0.15, 0.2) is 4.79 Å². The van der Waals surface area contributed by atoms with Crippen molar-refractivity contribution in [2.24, 2.45) is 11.8 Å². The van der Waals surface area contributed by atoms with E-state index in [0.717, 1.165) is 36.0 Å². The fourth-order valence-corrected chi connectivity index (χ4v) is 3.94. The van der Waals surface area contributed by atoms with E-state index in [2.05, 4.69) is 15.3 Å². The highest BCUT2D eigenvalue weighted by Crippen LogP contribution is 2.54. The van der Waals surface area contributed by atoms with Crippen LogP contribution in [0.2, 0.25) is 0 Å². The summed E-state index contributed by atoms with van der Waals surface area (Å²) in [4.78, 5) is 25.2. The number of rotatable bonds is 9. The van der Waals surface area contributed by atoms with E-state index in [1.807, 2.05) is 13.8 Å². The maximum absolute atomic E-state index is 12.6. The summed E-state index contributed by atoms with van der Waals surface area (Å²) in [5.41, 5.74) is 1.22. The topological polar surface area (TPSA) is 95.8 Å². The maximum atomic E-state index is 12.6. The first-order valence-corrected chi connectivity index (χ1v) is 10.0. The van der Waals surface area contributed by atoms with Crippen LogP contribution < -0.4 is 11.0 Å². The van der Waals surface area contributed by atoms with E-state index in [9.17, 15) is 9.90 Å². The van der Waals surface area contributed by atoms with Gasteiger partial charge in [0.15, 0.2) is 11.5 Å². The lowest BCUT2D eigenvalue weighted by Gasteiger charge is -2.15. The number of H-pyrrole nitrogens is 1. The van der Waals surface area contributed by atoms with Gasteiger partial charge in [0.05, 0.1) is 12.6 Å². The largest absolute Gasteiger partial charge is 0.394 e. The first-order valence-electron chi connectivity index (χ1n) is 10.0. The number of aromatic amines is 1. The van der Waals surface area contributed by atoms with Gasteiger partial charge in [-0.25, -0.2) is 9.78 Å². The fourth-order valence-electron chi connectivity index (χ4n) is 3.94. The summed E-state index contributed by atoms with van der Waals surface area (Å²) in [7, 11) is 0. The van der Waals surface area contributed by atoms with E-state index in [0.29, 0.717) is 23.9 Å². The number of aliphatic hydroxyl groups is 1. The maximum Gasteiger partial charge on any atom is 0.351 e. The number of nitrogens with one attached hydrogen (secondary N) is 2. The Hall–Kier alpha value is -1.89. The van der Waals surface area contributed by atoms with Crippen molar-refractivity contribution in [1.82, 2.24) is 19.5 Å². The van der Waals surface area contributed by atoms with Crippen LogP contribution in [0.1, 0.15) is 64.1 Å². The molecule has 26 heavy (non-hydrogen) atoms. The minimum Gasteiger partial charge on any atom is -0.394 e. The van der Waals surface area contributed by atoms with Crippen molar-refractivity contribution >= 4 is 17.0 Å². The number of anilines is 1. The Morgan fingerprint density at radius 3 is 2.46 bits per heavy atom. The molecule has 1 unspecified atom stereocenters. The second-order valence-corrected chi connectivity index (χ2v) is 7.85. The molecule has 3 N–H and O–H groups in total. The molecule has 142 valence electrons. The molecule has 2 aromatic rings. The number of aromatic nitrogens is 4. The Labute approximate surface area is 153 Å². The molecule has 2 aliphatic rings. The molecule has 4 rings (SSSR count). The number of hydrogen-bond donors (Lipinski definition) is 3. The van der Waals surface area contributed by atoms with Crippen LogP contribution in [0.5, 0.6) is 0 Å². The highest BCUT2D eigenvalue weighted by molar-refractivity contribution is 5.83. The smallest absolute Gasteiger partial charge is 0.351 e. The van der Waals surface area contributed by atoms with Crippen LogP contribution in [0.3, 0.4) is 0 Å². The van der Waals surface area contributed by atoms with E-state index < -0.39 is 0 Å². The lowest BCUT2D eigenvalue weighted by atomic mass is 9.97. The van der Waals surface area contributed by atoms with E-state index in [1.165, 1.54) is 25.7 Å². The van der Waals surface area contributed by atoms with Gasteiger partial charge in [-0.2, -0.15) is 4.98 Å². The molecule has 2 fully saturated rings. The van der Waals surface area contributed by atoms with Crippen LogP contribution in [0.4, 0.5) is 5.82 Å². The molecule has 0 amide bonds. The minimum absolute atomic E-state index is 0.00544. The van der Waals surface area contributed by atoms with Crippen molar-refractivity contribution in [2.75, 3.05) is 11.9 Å². The summed E-state index contributed by atoms with van der Waals surface area (Å²) >= 11 is 0. The van der Waals surface area contributed by atoms with Crippen LogP contribution in [0, 0.1) is 11.8 Å². The quantitative estimate of drug-likeness (QED) is 0.640. The third kappa shape index (κ3) is 3.24. The Morgan fingerprint density at radius 2 is 1.92 bits per heavy atom. The molecule has 0 bridgehead atoms. The molecule has 1 atom stereocenters. The molecule has 2 heterocycles. The second-order valence-electron chi connectivity index (χ2n) is 7.85. The fraction of sp³-hybridized carbons (Fsp3) is 0.737. The lowest BCUT2D eigenvalue weighted by molar-refractivity contribution is 0.271. The Bertz CT molecular complexity index is 818. The number of hydrogen-bond acceptors (Lipinski definition) is 5. The normalized spacial score (nSPS) is 18.6. The van der Waals surface area contributed by atoms with E-state index in [1.54, 1.807) is 4.57 Å². The highest BCUT2D eigenvalue weighted by atomic mass is 16.3. The third-order valence-corrected chi connectivity index (χ3v) is 5.71. The van der Waals surface area contributed by atoms with Gasteiger partial charge in [0, 0.05) is 12.5 Å². The molecule has 7 heteroatoms. The average molecular weight is 359 g/mol. The van der Waals surface area contributed by atoms with E-state index in [-0.39, 0.29) is 18.3 Å². The molecule has 2 aliphatic carbocycles. The number of imidazole rings is 1. The Balaban J connectivity index is 1.81. The number of aliphatic hydroxyl groups excluding tert-OH is 1. The summed E-state index contributed by atoms with van der Waals surface area (Å²) in [5, 5.41) is 12.8. The summed E-state index contributed by atoms with van der Waals surface area (Å²) in [6, 6.07) is -0.124. The van der Waals surface area contributed by atoms with Gasteiger partial charge in [-0.1, -0.05) is 13.8 Å². The van der Waals surface area contributed by atoms with Gasteiger partial charge in [-0.05, 0) is 50.4 Å². The number of aryl methyl sites for hydroxylation is 1. The van der Waals surface area contributed by atoms with Crippen molar-refractivity contribution in [1.29, 1.82) is 0 Å². The molecule has 0 aliphatic heterocycles. The molecule has 0 saturated heterocycles. The Morgan fingerprint density at radius 1 is 1.23 bits per heavy atom. The van der Waals surface area contributed by atoms with Crippen molar-refractivity contribution < 1.29 is 5.11 Å². The molecule has 0 spiro atoms. The first kappa shape index (κ1) is 17.5. The summed E-state index contributed by atoms with van der Waals surface area (Å²) in [6.07, 6.45) is 6.75. The molecular weight excluding hydrogens is 330 g/mol. The van der Waals surface area contributed by atoms with E-state index >= 15 is 0 Å². The zero-order valence-corrected chi connectivity index (χ0v) is 15.7. The van der Waals surface area contributed by atoms with Crippen molar-refractivity contribution in [3.05, 3.63) is 16.3 Å². The summed E-state index contributed by atoms with van der Waals surface area (Å²) in [6.45, 7) is 4.67. The second kappa shape index (κ2) is 7.02. The summed E-state index contributed by atoms with van der Waals surface area (Å²) in [5.74, 6) is 3.49. The van der Waals surface area contributed by atoms with Gasteiger partial charge >= 0.3 is 5.69 Å². The summed E-state index contributed by atoms with van der Waals surface area (Å²) < 4.78 is 1.68. The number of fused-ring (bicyclic) bond motifs is 1. The van der Waals surface area contributed by atoms with Crippen molar-refractivity contribution in [3.63, 3.8) is 0 Å². The minimum atomic E-state index is -0.276. The highest BCUT2D eigenvalue weighted by Gasteiger charge is 2.44. The first-order chi connectivity index (χ1) is 12.7. The monoisotopic (exact) mass is 359 g/mol. The van der Waals surface area contributed by atoms with Gasteiger partial charge in [0.25, 0.3) is 0 Å². The lowest BCUT2D eigenvalue weighted by Crippen LogP contribution is -2.29. The van der Waals surface area contributed by atoms with Crippen LogP contribution >= 0.6 is 0 Å². The molecule has 2 aromatic heterocycles. The van der Waals surface area contributed by atoms with Gasteiger partial charge in [0.1, 0.15) is 11.3 Å². The van der Waals surface area contributed by atoms with Crippen molar-refractivity contribution in [3.8, 4) is 0 Å². The molecule has 2 saturated carbocycles. The molecule has 0 radical (unpaired) electrons. The standard InChI is InChI=1S/C19H29N5O2/c1-3-9-24-18-15(17(23-19(24)26)20-13(4-2)10-25)21-16(22-18)14(11-5-6-11)12-7-8-12/h11-14,25H,3-10H2,1-2H3,(H,21,22)(H,20,23,26). The Kier molecular flexibility index (Phi) is 4.73. The average Bonchev–Trinajstić information content (AvgIpc) is 3.56. The molecule has 7 nitrogen and oxygen atoms in total. The predicted molar refractivity (Wildman–Crippen MR) is 101 cm³/mol. The van der Waals surface area contributed by atoms with Crippen LogP contribution in [0.25, 0.3) is 11.2 Å². The molecule has 0 aromatic carbocycles. The van der Waals surface area contributed by atoms with Gasteiger partial charge in [-0.15, -0.1) is 0 Å². The van der Waals surface area contributed by atoms with Gasteiger partial charge in [0.2, 0.25) is 0 Å².